The number of aromatic nitrogens is 1. The molecule has 2 fully saturated rings. The normalized spacial score (nSPS) is 18.3. The Morgan fingerprint density at radius 3 is 2.53 bits per heavy atom. The zero-order valence-electron chi connectivity index (χ0n) is 27.6. The van der Waals surface area contributed by atoms with Crippen LogP contribution in [0.2, 0.25) is 0 Å². The summed E-state index contributed by atoms with van der Waals surface area (Å²) in [7, 11) is 1.47. The van der Waals surface area contributed by atoms with Crippen LogP contribution in [0.1, 0.15) is 65.3 Å². The molecule has 4 aliphatic heterocycles. The van der Waals surface area contributed by atoms with Crippen molar-refractivity contribution in [1.82, 2.24) is 15.2 Å². The summed E-state index contributed by atoms with van der Waals surface area (Å²) < 4.78 is 47.8. The van der Waals surface area contributed by atoms with E-state index in [0.29, 0.717) is 49.3 Å². The van der Waals surface area contributed by atoms with E-state index in [-0.39, 0.29) is 23.8 Å². The van der Waals surface area contributed by atoms with Gasteiger partial charge in [-0.05, 0) is 82.2 Å². The fourth-order valence-corrected chi connectivity index (χ4v) is 7.44. The Bertz CT molecular complexity index is 1780. The van der Waals surface area contributed by atoms with Crippen molar-refractivity contribution in [1.29, 1.82) is 0 Å². The number of piperidine rings is 1. The van der Waals surface area contributed by atoms with Crippen LogP contribution >= 0.6 is 0 Å². The first-order valence-electron chi connectivity index (χ1n) is 16.8. The molecule has 0 spiro atoms. The van der Waals surface area contributed by atoms with Gasteiger partial charge in [-0.2, -0.15) is 13.2 Å². The maximum atomic E-state index is 14.1. The van der Waals surface area contributed by atoms with E-state index in [1.54, 1.807) is 34.2 Å². The van der Waals surface area contributed by atoms with E-state index in [4.69, 9.17) is 4.74 Å². The van der Waals surface area contributed by atoms with E-state index in [0.717, 1.165) is 60.6 Å². The summed E-state index contributed by atoms with van der Waals surface area (Å²) in [5, 5.41) is 5.92. The van der Waals surface area contributed by atoms with Crippen molar-refractivity contribution in [2.24, 2.45) is 0 Å². The fourth-order valence-electron chi connectivity index (χ4n) is 7.44. The number of carbonyl (C=O) groups is 2. The largest absolute Gasteiger partial charge is 0.497 e. The molecule has 2 saturated heterocycles. The highest BCUT2D eigenvalue weighted by Crippen LogP contribution is 2.39. The minimum atomic E-state index is -4.63. The van der Waals surface area contributed by atoms with E-state index in [1.165, 1.54) is 26.0 Å². The van der Waals surface area contributed by atoms with E-state index in [2.05, 4.69) is 20.5 Å². The number of alkyl halides is 3. The molecule has 0 bridgehead atoms. The van der Waals surface area contributed by atoms with Gasteiger partial charge >= 0.3 is 12.2 Å². The molecule has 0 atom stereocenters. The second-order valence-corrected chi connectivity index (χ2v) is 12.9. The lowest BCUT2D eigenvalue weighted by Crippen LogP contribution is -2.48. The SMILES string of the molecule is CCN1C(=O)N(c2cc(NC(=O)c3cc(N4CCC(N5CCCC5)CC4)cc(C(F)(F)F)c3)cc(OC)c2)Cc2cnc3c(c21)C=CNC3. The summed E-state index contributed by atoms with van der Waals surface area (Å²) in [6.45, 7) is 6.52. The molecule has 4 aliphatic rings. The zero-order chi connectivity index (χ0) is 34.3. The topological polar surface area (TPSA) is 93.3 Å². The Labute approximate surface area is 283 Å². The molecule has 3 amide bonds. The third kappa shape index (κ3) is 6.51. The number of urea groups is 1. The molecule has 10 nitrogen and oxygen atoms in total. The van der Waals surface area contributed by atoms with Gasteiger partial charge in [0, 0.05) is 72.1 Å². The maximum absolute atomic E-state index is 14.1. The third-order valence-corrected chi connectivity index (χ3v) is 9.95. The van der Waals surface area contributed by atoms with Crippen molar-refractivity contribution in [3.8, 4) is 5.75 Å². The number of hydrogen-bond acceptors (Lipinski definition) is 7. The number of hydrogen-bond donors (Lipinski definition) is 2. The summed E-state index contributed by atoms with van der Waals surface area (Å²) in [5.74, 6) is -0.321. The summed E-state index contributed by atoms with van der Waals surface area (Å²) >= 11 is 0. The van der Waals surface area contributed by atoms with Crippen molar-refractivity contribution in [3.63, 3.8) is 0 Å². The molecule has 258 valence electrons. The molecular formula is C36H40F3N7O3. The summed E-state index contributed by atoms with van der Waals surface area (Å²) in [6.07, 6.45) is 5.03. The van der Waals surface area contributed by atoms with Crippen LogP contribution in [-0.2, 0) is 19.3 Å². The van der Waals surface area contributed by atoms with Gasteiger partial charge in [-0.15, -0.1) is 0 Å². The number of fused-ring (bicyclic) bond motifs is 3. The van der Waals surface area contributed by atoms with Gasteiger partial charge in [0.05, 0.1) is 42.8 Å². The summed E-state index contributed by atoms with van der Waals surface area (Å²) in [6, 6.07) is 8.64. The average Bonchev–Trinajstić information content (AvgIpc) is 3.66. The minimum Gasteiger partial charge on any atom is -0.497 e. The Balaban J connectivity index is 1.15. The van der Waals surface area contributed by atoms with Gasteiger partial charge in [0.2, 0.25) is 0 Å². The molecule has 0 radical (unpaired) electrons. The number of nitrogens with one attached hydrogen (secondary N) is 2. The van der Waals surface area contributed by atoms with Gasteiger partial charge in [-0.25, -0.2) is 4.79 Å². The van der Waals surface area contributed by atoms with Gasteiger partial charge in [-0.3, -0.25) is 19.6 Å². The molecule has 3 aromatic rings. The molecule has 0 aliphatic carbocycles. The highest BCUT2D eigenvalue weighted by Gasteiger charge is 2.35. The standard InChI is InChI=1S/C36H40F3N7O3/c1-3-45-33-24(20-41-32-21-40-9-6-31(32)33)22-46(35(45)48)29-17-26(18-30(19-29)49-2)42-34(47)23-14-25(36(37,38)39)16-28(15-23)44-12-7-27(8-13-44)43-10-4-5-11-43/h6,9,14-20,27,40H,3-5,7-8,10-13,21-22H2,1-2H3,(H,42,47). The van der Waals surface area contributed by atoms with Crippen molar-refractivity contribution >= 4 is 40.8 Å². The Hall–Kier alpha value is -4.78. The molecule has 0 saturated carbocycles. The quantitative estimate of drug-likeness (QED) is 0.297. The average molecular weight is 676 g/mol. The lowest BCUT2D eigenvalue weighted by molar-refractivity contribution is -0.137. The van der Waals surface area contributed by atoms with Crippen molar-refractivity contribution in [2.45, 2.75) is 57.9 Å². The number of halogens is 3. The zero-order valence-corrected chi connectivity index (χ0v) is 27.6. The number of nitrogens with zero attached hydrogens (tertiary/aromatic N) is 5. The number of pyridine rings is 1. The Morgan fingerprint density at radius 1 is 1.04 bits per heavy atom. The fraction of sp³-hybridized carbons (Fsp3) is 0.417. The summed E-state index contributed by atoms with van der Waals surface area (Å²) in [4.78, 5) is 39.9. The first-order chi connectivity index (χ1) is 23.6. The minimum absolute atomic E-state index is 0.102. The molecule has 13 heteroatoms. The van der Waals surface area contributed by atoms with Gasteiger partial charge < -0.3 is 25.2 Å². The van der Waals surface area contributed by atoms with Crippen LogP contribution in [0.3, 0.4) is 0 Å². The number of amides is 3. The van der Waals surface area contributed by atoms with Crippen LogP contribution in [0, 0.1) is 0 Å². The number of anilines is 4. The number of benzene rings is 2. The molecule has 2 N–H and O–H groups in total. The van der Waals surface area contributed by atoms with E-state index >= 15 is 0 Å². The van der Waals surface area contributed by atoms with E-state index in [1.807, 2.05) is 24.1 Å². The molecule has 0 unspecified atom stereocenters. The second kappa shape index (κ2) is 13.3. The van der Waals surface area contributed by atoms with Crippen LogP contribution in [0.15, 0.2) is 48.8 Å². The molecule has 2 aromatic carbocycles. The summed E-state index contributed by atoms with van der Waals surface area (Å²) in [5.41, 5.74) is 3.59. The maximum Gasteiger partial charge on any atom is 0.416 e. The van der Waals surface area contributed by atoms with Crippen LogP contribution in [0.25, 0.3) is 6.08 Å². The lowest BCUT2D eigenvalue weighted by atomic mass is 10.0. The molecule has 1 aromatic heterocycles. The van der Waals surface area contributed by atoms with Crippen molar-refractivity contribution in [3.05, 3.63) is 76.7 Å². The Morgan fingerprint density at radius 2 is 1.82 bits per heavy atom. The van der Waals surface area contributed by atoms with Crippen LogP contribution < -0.4 is 30.1 Å². The number of rotatable bonds is 7. The predicted octanol–water partition coefficient (Wildman–Crippen LogP) is 6.47. The number of likely N-dealkylation sites (tertiary alicyclic amines) is 1. The van der Waals surface area contributed by atoms with Gasteiger partial charge in [0.1, 0.15) is 5.75 Å². The molecule has 7 rings (SSSR count). The Kier molecular flexibility index (Phi) is 8.86. The van der Waals surface area contributed by atoms with Gasteiger partial charge in [0.15, 0.2) is 0 Å². The number of carbonyl (C=O) groups excluding carboxylic acids is 2. The first-order valence-corrected chi connectivity index (χ1v) is 16.8. The van der Waals surface area contributed by atoms with Gasteiger partial charge in [-0.1, -0.05) is 0 Å². The van der Waals surface area contributed by atoms with Gasteiger partial charge in [0.25, 0.3) is 5.91 Å². The van der Waals surface area contributed by atoms with Crippen LogP contribution in [-0.4, -0.2) is 67.7 Å². The smallest absolute Gasteiger partial charge is 0.416 e. The first kappa shape index (κ1) is 32.8. The molecular weight excluding hydrogens is 635 g/mol. The monoisotopic (exact) mass is 675 g/mol. The van der Waals surface area contributed by atoms with E-state index in [9.17, 15) is 22.8 Å². The third-order valence-electron chi connectivity index (χ3n) is 9.95. The second-order valence-electron chi connectivity index (χ2n) is 12.9. The number of methoxy groups -OCH3 is 1. The highest BCUT2D eigenvalue weighted by atomic mass is 19.4. The lowest BCUT2D eigenvalue weighted by Gasteiger charge is -2.38. The predicted molar refractivity (Wildman–Crippen MR) is 183 cm³/mol. The van der Waals surface area contributed by atoms with Crippen LogP contribution in [0.5, 0.6) is 5.75 Å². The molecule has 49 heavy (non-hydrogen) atoms. The van der Waals surface area contributed by atoms with Crippen molar-refractivity contribution in [2.75, 3.05) is 59.9 Å². The highest BCUT2D eigenvalue weighted by molar-refractivity contribution is 6.09. The van der Waals surface area contributed by atoms with Crippen LogP contribution in [0.4, 0.5) is 40.7 Å². The number of ether oxygens (including phenoxy) is 1. The van der Waals surface area contributed by atoms with E-state index < -0.39 is 17.6 Å². The molecule has 5 heterocycles. The van der Waals surface area contributed by atoms with Crippen molar-refractivity contribution < 1.29 is 27.5 Å².